The minimum atomic E-state index is -0.741. The second-order valence-electron chi connectivity index (χ2n) is 11.5. The van der Waals surface area contributed by atoms with Gasteiger partial charge in [-0.25, -0.2) is 18.2 Å². The van der Waals surface area contributed by atoms with E-state index in [1.165, 1.54) is 59.8 Å². The van der Waals surface area contributed by atoms with Crippen LogP contribution >= 0.6 is 0 Å². The maximum atomic E-state index is 15.0. The molecule has 0 radical (unpaired) electrons. The van der Waals surface area contributed by atoms with Gasteiger partial charge in [0.25, 0.3) is 0 Å². The van der Waals surface area contributed by atoms with Crippen molar-refractivity contribution in [3.63, 3.8) is 0 Å². The summed E-state index contributed by atoms with van der Waals surface area (Å²) in [7, 11) is 0. The molecular formula is C36H38F3N5O2. The topological polar surface area (TPSA) is 91.9 Å². The maximum Gasteiger partial charge on any atom is 0.225 e. The monoisotopic (exact) mass is 629 g/mol. The highest BCUT2D eigenvalue weighted by Crippen LogP contribution is 2.34. The van der Waals surface area contributed by atoms with E-state index in [2.05, 4.69) is 53.2 Å². The highest BCUT2D eigenvalue weighted by Gasteiger charge is 2.27. The Labute approximate surface area is 266 Å². The first-order valence-corrected chi connectivity index (χ1v) is 15.3. The van der Waals surface area contributed by atoms with Gasteiger partial charge >= 0.3 is 0 Å². The molecule has 240 valence electrons. The molecule has 2 aromatic carbocycles. The summed E-state index contributed by atoms with van der Waals surface area (Å²) in [6.45, 7) is 10.3. The molecule has 0 spiro atoms. The number of allylic oxidation sites excluding steroid dienone is 5. The molecule has 7 nitrogen and oxygen atoms in total. The number of hydrogen-bond donors (Lipinski definition) is 3. The van der Waals surface area contributed by atoms with Crippen LogP contribution in [-0.4, -0.2) is 40.1 Å². The molecule has 5 rings (SSSR count). The van der Waals surface area contributed by atoms with Gasteiger partial charge < -0.3 is 20.4 Å². The van der Waals surface area contributed by atoms with Crippen LogP contribution in [0.5, 0.6) is 0 Å². The number of aromatic nitrogens is 3. The van der Waals surface area contributed by atoms with E-state index < -0.39 is 29.3 Å². The van der Waals surface area contributed by atoms with E-state index in [0.717, 1.165) is 23.1 Å². The Balaban J connectivity index is 1.24. The van der Waals surface area contributed by atoms with Gasteiger partial charge in [0.1, 0.15) is 23.3 Å². The highest BCUT2D eigenvalue weighted by atomic mass is 19.1. The first kappa shape index (κ1) is 32.8. The number of nitrogens with one attached hydrogen (secondary N) is 3. The average molecular weight is 630 g/mol. The molecule has 0 aliphatic carbocycles. The SMILES string of the molecule is C=C/C=C(\C(F)=C/C)[C@@H](CC(=O)Nc1cncc(F)c1CC[C@@H]1CN[C@H](c2nc3cc(C)c(C)cc3[nH]2)CO1)c1ccc(F)cc1. The lowest BCUT2D eigenvalue weighted by Crippen LogP contribution is -2.41. The second kappa shape index (κ2) is 14.7. The molecule has 1 amide bonds. The number of aromatic amines is 1. The van der Waals surface area contributed by atoms with Crippen LogP contribution in [0, 0.1) is 25.5 Å². The van der Waals surface area contributed by atoms with Crippen molar-refractivity contribution in [1.29, 1.82) is 0 Å². The zero-order valence-electron chi connectivity index (χ0n) is 26.2. The number of fused-ring (bicyclic) bond motifs is 1. The van der Waals surface area contributed by atoms with Gasteiger partial charge in [-0.2, -0.15) is 0 Å². The molecule has 1 aliphatic rings. The molecule has 3 heterocycles. The molecular weight excluding hydrogens is 591 g/mol. The molecule has 1 aliphatic heterocycles. The molecule has 3 N–H and O–H groups in total. The molecule has 46 heavy (non-hydrogen) atoms. The molecule has 2 aromatic heterocycles. The lowest BCUT2D eigenvalue weighted by atomic mass is 9.86. The van der Waals surface area contributed by atoms with Crippen LogP contribution in [0.4, 0.5) is 18.9 Å². The number of aryl methyl sites for hydroxylation is 2. The van der Waals surface area contributed by atoms with E-state index in [-0.39, 0.29) is 29.8 Å². The fourth-order valence-corrected chi connectivity index (χ4v) is 5.71. The van der Waals surface area contributed by atoms with Crippen LogP contribution < -0.4 is 10.6 Å². The average Bonchev–Trinajstić information content (AvgIpc) is 3.45. The standard InChI is InChI=1S/C36H38F3N5O2/c1-5-7-26(29(38)6-2)28(23-8-10-24(37)11-9-23)16-35(45)42-33-19-40-18-30(39)27(33)13-12-25-17-41-34(20-46-25)36-43-31-14-21(3)22(4)15-32(31)44-36/h5-11,14-15,18-19,25,28,34,41H,1,12-13,16-17,20H2,2-4H3,(H,42,45)(H,43,44)/b26-7-,29-6+/t25-,28+,34+/m1/s1. The number of rotatable bonds is 11. The van der Waals surface area contributed by atoms with E-state index in [0.29, 0.717) is 37.1 Å². The zero-order valence-corrected chi connectivity index (χ0v) is 26.2. The summed E-state index contributed by atoms with van der Waals surface area (Å²) in [5.74, 6) is -1.93. The molecule has 4 aromatic rings. The van der Waals surface area contributed by atoms with Crippen molar-refractivity contribution in [2.24, 2.45) is 0 Å². The molecule has 0 bridgehead atoms. The first-order valence-electron chi connectivity index (χ1n) is 15.3. The third-order valence-electron chi connectivity index (χ3n) is 8.40. The normalized spacial score (nSPS) is 18.0. The van der Waals surface area contributed by atoms with Crippen LogP contribution in [0.2, 0.25) is 0 Å². The number of carbonyl (C=O) groups excluding carboxylic acids is 1. The Kier molecular flexibility index (Phi) is 10.5. The Bertz CT molecular complexity index is 1730. The number of hydrogen-bond acceptors (Lipinski definition) is 5. The van der Waals surface area contributed by atoms with Crippen molar-refractivity contribution >= 4 is 22.6 Å². The van der Waals surface area contributed by atoms with Gasteiger partial charge in [-0.15, -0.1) is 0 Å². The lowest BCUT2D eigenvalue weighted by molar-refractivity contribution is -0.116. The van der Waals surface area contributed by atoms with Crippen molar-refractivity contribution in [2.75, 3.05) is 18.5 Å². The predicted molar refractivity (Wildman–Crippen MR) is 174 cm³/mol. The second-order valence-corrected chi connectivity index (χ2v) is 11.5. The number of benzene rings is 2. The van der Waals surface area contributed by atoms with E-state index in [1.807, 2.05) is 0 Å². The van der Waals surface area contributed by atoms with Crippen LogP contribution in [0.15, 0.2) is 85.0 Å². The molecule has 1 fully saturated rings. The number of nitrogens with zero attached hydrogens (tertiary/aromatic N) is 2. The van der Waals surface area contributed by atoms with Crippen LogP contribution in [-0.2, 0) is 16.0 Å². The van der Waals surface area contributed by atoms with Crippen LogP contribution in [0.1, 0.15) is 59.8 Å². The van der Waals surface area contributed by atoms with Gasteiger partial charge in [0.05, 0.1) is 47.9 Å². The molecule has 0 unspecified atom stereocenters. The lowest BCUT2D eigenvalue weighted by Gasteiger charge is -2.29. The molecule has 10 heteroatoms. The Morgan fingerprint density at radius 1 is 1.17 bits per heavy atom. The number of morpholine rings is 1. The molecule has 1 saturated heterocycles. The summed E-state index contributed by atoms with van der Waals surface area (Å²) in [5, 5.41) is 6.26. The fourth-order valence-electron chi connectivity index (χ4n) is 5.71. The number of halogens is 3. The third-order valence-corrected chi connectivity index (χ3v) is 8.40. The summed E-state index contributed by atoms with van der Waals surface area (Å²) < 4.78 is 49.8. The summed E-state index contributed by atoms with van der Waals surface area (Å²) in [6, 6.07) is 9.61. The van der Waals surface area contributed by atoms with Gasteiger partial charge in [-0.3, -0.25) is 9.78 Å². The number of H-pyrrole nitrogens is 1. The predicted octanol–water partition coefficient (Wildman–Crippen LogP) is 7.61. The number of ether oxygens (including phenoxy) is 1. The maximum absolute atomic E-state index is 15.0. The van der Waals surface area contributed by atoms with Gasteiger partial charge in [0.2, 0.25) is 5.91 Å². The van der Waals surface area contributed by atoms with E-state index >= 15 is 4.39 Å². The van der Waals surface area contributed by atoms with E-state index in [4.69, 9.17) is 9.72 Å². The quantitative estimate of drug-likeness (QED) is 0.149. The number of imidazole rings is 1. The smallest absolute Gasteiger partial charge is 0.225 e. The van der Waals surface area contributed by atoms with Crippen molar-refractivity contribution in [3.05, 3.63) is 125 Å². The first-order chi connectivity index (χ1) is 22.2. The largest absolute Gasteiger partial charge is 0.375 e. The van der Waals surface area contributed by atoms with Gasteiger partial charge in [-0.05, 0) is 80.1 Å². The van der Waals surface area contributed by atoms with E-state index in [1.54, 1.807) is 6.92 Å². The summed E-state index contributed by atoms with van der Waals surface area (Å²) in [6.07, 6.45) is 7.16. The molecule has 3 atom stereocenters. The Hall–Kier alpha value is -4.54. The summed E-state index contributed by atoms with van der Waals surface area (Å²) >= 11 is 0. The van der Waals surface area contributed by atoms with Crippen LogP contribution in [0.3, 0.4) is 0 Å². The Morgan fingerprint density at radius 3 is 2.63 bits per heavy atom. The number of carbonyl (C=O) groups is 1. The van der Waals surface area contributed by atoms with Gasteiger partial charge in [0.15, 0.2) is 0 Å². The summed E-state index contributed by atoms with van der Waals surface area (Å²) in [5.41, 5.74) is 5.58. The third kappa shape index (κ3) is 7.63. The molecule has 0 saturated carbocycles. The number of anilines is 1. The zero-order chi connectivity index (χ0) is 32.8. The minimum Gasteiger partial charge on any atom is -0.375 e. The van der Waals surface area contributed by atoms with Gasteiger partial charge in [0, 0.05) is 24.4 Å². The van der Waals surface area contributed by atoms with Crippen molar-refractivity contribution in [2.45, 2.75) is 58.1 Å². The van der Waals surface area contributed by atoms with Crippen molar-refractivity contribution < 1.29 is 22.7 Å². The minimum absolute atomic E-state index is 0.0988. The summed E-state index contributed by atoms with van der Waals surface area (Å²) in [4.78, 5) is 25.4. The number of amides is 1. The van der Waals surface area contributed by atoms with Crippen LogP contribution in [0.25, 0.3) is 11.0 Å². The fraction of sp³-hybridized carbons (Fsp3) is 0.306. The van der Waals surface area contributed by atoms with E-state index in [9.17, 15) is 13.6 Å². The van der Waals surface area contributed by atoms with Crippen molar-refractivity contribution in [3.8, 4) is 0 Å². The van der Waals surface area contributed by atoms with Gasteiger partial charge in [-0.1, -0.05) is 36.9 Å². The van der Waals surface area contributed by atoms with Crippen molar-refractivity contribution in [1.82, 2.24) is 20.3 Å². The Morgan fingerprint density at radius 2 is 1.93 bits per heavy atom. The number of pyridine rings is 1. The highest BCUT2D eigenvalue weighted by molar-refractivity contribution is 5.92.